The summed E-state index contributed by atoms with van der Waals surface area (Å²) in [5, 5.41) is 12.4. The van der Waals surface area contributed by atoms with Gasteiger partial charge in [0.15, 0.2) is 0 Å². The molecule has 0 aliphatic carbocycles. The molecule has 1 fully saturated rings. The van der Waals surface area contributed by atoms with Crippen LogP contribution in [0.2, 0.25) is 0 Å². The largest absolute Gasteiger partial charge is 0.396 e. The Bertz CT molecular complexity index is 485. The summed E-state index contributed by atoms with van der Waals surface area (Å²) in [7, 11) is 0. The Kier molecular flexibility index (Phi) is 6.21. The normalized spacial score (nSPS) is 16.7. The minimum atomic E-state index is 0.160. The number of anilines is 1. The molecule has 1 aromatic carbocycles. The lowest BCUT2D eigenvalue weighted by Crippen LogP contribution is -2.48. The third-order valence-corrected chi connectivity index (χ3v) is 4.26. The van der Waals surface area contributed by atoms with Crippen molar-refractivity contribution in [3.05, 3.63) is 29.8 Å². The number of carbonyl (C=O) groups is 1. The molecular weight excluding hydrogens is 278 g/mol. The highest BCUT2D eigenvalue weighted by molar-refractivity contribution is 5.73. The minimum Gasteiger partial charge on any atom is -0.396 e. The van der Waals surface area contributed by atoms with Crippen LogP contribution in [0.15, 0.2) is 24.3 Å². The van der Waals surface area contributed by atoms with E-state index in [4.69, 9.17) is 5.11 Å². The van der Waals surface area contributed by atoms with Gasteiger partial charge >= 0.3 is 0 Å². The smallest absolute Gasteiger partial charge is 0.219 e. The SMILES string of the molecule is CC(=O)N1CCN(c2ccccc2CN[C@@H](C)CCO)CC1. The number of piperazine rings is 1. The number of aliphatic hydroxyl groups is 1. The zero-order valence-corrected chi connectivity index (χ0v) is 13.6. The van der Waals surface area contributed by atoms with Gasteiger partial charge in [0.25, 0.3) is 0 Å². The molecule has 0 radical (unpaired) electrons. The van der Waals surface area contributed by atoms with Crippen LogP contribution in [0.25, 0.3) is 0 Å². The summed E-state index contributed by atoms with van der Waals surface area (Å²) in [5.74, 6) is 0.160. The number of hydrogen-bond acceptors (Lipinski definition) is 4. The summed E-state index contributed by atoms with van der Waals surface area (Å²) >= 11 is 0. The Morgan fingerprint density at radius 3 is 2.59 bits per heavy atom. The lowest BCUT2D eigenvalue weighted by atomic mass is 10.1. The molecular formula is C17H27N3O2. The average Bonchev–Trinajstić information content (AvgIpc) is 2.53. The predicted molar refractivity (Wildman–Crippen MR) is 88.9 cm³/mol. The van der Waals surface area contributed by atoms with E-state index < -0.39 is 0 Å². The molecule has 22 heavy (non-hydrogen) atoms. The third-order valence-electron chi connectivity index (χ3n) is 4.26. The lowest BCUT2D eigenvalue weighted by molar-refractivity contribution is -0.129. The molecule has 0 saturated carbocycles. The molecule has 1 saturated heterocycles. The van der Waals surface area contributed by atoms with Crippen LogP contribution in [0.4, 0.5) is 5.69 Å². The van der Waals surface area contributed by atoms with Crippen LogP contribution >= 0.6 is 0 Å². The number of para-hydroxylation sites is 1. The molecule has 1 amide bonds. The third kappa shape index (κ3) is 4.45. The lowest BCUT2D eigenvalue weighted by Gasteiger charge is -2.36. The van der Waals surface area contributed by atoms with Gasteiger partial charge in [0.1, 0.15) is 0 Å². The summed E-state index contributed by atoms with van der Waals surface area (Å²) in [6, 6.07) is 8.71. The van der Waals surface area contributed by atoms with Crippen molar-refractivity contribution in [3.63, 3.8) is 0 Å². The van der Waals surface area contributed by atoms with Gasteiger partial charge in [-0.2, -0.15) is 0 Å². The van der Waals surface area contributed by atoms with Gasteiger partial charge < -0.3 is 20.2 Å². The van der Waals surface area contributed by atoms with Crippen molar-refractivity contribution in [2.24, 2.45) is 0 Å². The second-order valence-electron chi connectivity index (χ2n) is 5.92. The second kappa shape index (κ2) is 8.15. The van der Waals surface area contributed by atoms with Crippen molar-refractivity contribution in [2.75, 3.05) is 37.7 Å². The fourth-order valence-corrected chi connectivity index (χ4v) is 2.81. The van der Waals surface area contributed by atoms with Crippen LogP contribution < -0.4 is 10.2 Å². The van der Waals surface area contributed by atoms with Gasteiger partial charge in [0.2, 0.25) is 5.91 Å². The molecule has 0 unspecified atom stereocenters. The highest BCUT2D eigenvalue weighted by atomic mass is 16.3. The fourth-order valence-electron chi connectivity index (χ4n) is 2.81. The average molecular weight is 305 g/mol. The Balaban J connectivity index is 1.98. The molecule has 1 aromatic rings. The van der Waals surface area contributed by atoms with Gasteiger partial charge in [0.05, 0.1) is 0 Å². The van der Waals surface area contributed by atoms with E-state index in [1.165, 1.54) is 11.3 Å². The van der Waals surface area contributed by atoms with E-state index >= 15 is 0 Å². The van der Waals surface area contributed by atoms with Gasteiger partial charge in [-0.15, -0.1) is 0 Å². The Hall–Kier alpha value is -1.59. The summed E-state index contributed by atoms with van der Waals surface area (Å²) in [5.41, 5.74) is 2.51. The first-order chi connectivity index (χ1) is 10.6. The van der Waals surface area contributed by atoms with Gasteiger partial charge in [-0.1, -0.05) is 18.2 Å². The second-order valence-corrected chi connectivity index (χ2v) is 5.92. The molecule has 5 nitrogen and oxygen atoms in total. The molecule has 1 heterocycles. The number of carbonyl (C=O) groups excluding carboxylic acids is 1. The number of hydrogen-bond donors (Lipinski definition) is 2. The van der Waals surface area contributed by atoms with Crippen molar-refractivity contribution >= 4 is 11.6 Å². The number of nitrogens with one attached hydrogen (secondary N) is 1. The van der Waals surface area contributed by atoms with E-state index in [1.54, 1.807) is 6.92 Å². The van der Waals surface area contributed by atoms with E-state index in [9.17, 15) is 4.79 Å². The van der Waals surface area contributed by atoms with Crippen molar-refractivity contribution in [3.8, 4) is 0 Å². The van der Waals surface area contributed by atoms with E-state index in [2.05, 4.69) is 41.4 Å². The number of aliphatic hydroxyl groups excluding tert-OH is 1. The maximum Gasteiger partial charge on any atom is 0.219 e. The molecule has 1 aliphatic heterocycles. The topological polar surface area (TPSA) is 55.8 Å². The van der Waals surface area contributed by atoms with Crippen molar-refractivity contribution in [1.82, 2.24) is 10.2 Å². The highest BCUT2D eigenvalue weighted by Gasteiger charge is 2.20. The quantitative estimate of drug-likeness (QED) is 0.830. The van der Waals surface area contributed by atoms with Crippen LogP contribution in [-0.2, 0) is 11.3 Å². The Morgan fingerprint density at radius 2 is 1.95 bits per heavy atom. The van der Waals surface area contributed by atoms with Gasteiger partial charge in [-0.05, 0) is 25.0 Å². The summed E-state index contributed by atoms with van der Waals surface area (Å²) in [6.07, 6.45) is 0.763. The minimum absolute atomic E-state index is 0.160. The highest BCUT2D eigenvalue weighted by Crippen LogP contribution is 2.22. The molecule has 2 rings (SSSR count). The maximum atomic E-state index is 11.4. The molecule has 0 aromatic heterocycles. The molecule has 0 spiro atoms. The van der Waals surface area contributed by atoms with Crippen molar-refractivity contribution in [2.45, 2.75) is 32.9 Å². The van der Waals surface area contributed by atoms with Gasteiger partial charge in [-0.3, -0.25) is 4.79 Å². The first-order valence-corrected chi connectivity index (χ1v) is 8.04. The monoisotopic (exact) mass is 305 g/mol. The van der Waals surface area contributed by atoms with Gasteiger partial charge in [-0.25, -0.2) is 0 Å². The summed E-state index contributed by atoms with van der Waals surface area (Å²) < 4.78 is 0. The van der Waals surface area contributed by atoms with Crippen molar-refractivity contribution in [1.29, 1.82) is 0 Å². The molecule has 2 N–H and O–H groups in total. The van der Waals surface area contributed by atoms with E-state index in [0.29, 0.717) is 6.04 Å². The van der Waals surface area contributed by atoms with Crippen LogP contribution in [0.5, 0.6) is 0 Å². The summed E-state index contributed by atoms with van der Waals surface area (Å²) in [4.78, 5) is 15.7. The Labute approximate surface area is 132 Å². The van der Waals surface area contributed by atoms with Crippen LogP contribution in [0.1, 0.15) is 25.8 Å². The Morgan fingerprint density at radius 1 is 1.27 bits per heavy atom. The number of benzene rings is 1. The maximum absolute atomic E-state index is 11.4. The van der Waals surface area contributed by atoms with E-state index in [0.717, 1.165) is 39.1 Å². The van der Waals surface area contributed by atoms with Crippen LogP contribution in [0, 0.1) is 0 Å². The first kappa shape index (κ1) is 16.8. The molecule has 1 atom stereocenters. The molecule has 5 heteroatoms. The number of amides is 1. The van der Waals surface area contributed by atoms with Gasteiger partial charge in [0, 0.05) is 58.0 Å². The molecule has 1 aliphatic rings. The summed E-state index contributed by atoms with van der Waals surface area (Å²) in [6.45, 7) is 8.06. The van der Waals surface area contributed by atoms with E-state index in [1.807, 2.05) is 4.90 Å². The molecule has 122 valence electrons. The molecule has 0 bridgehead atoms. The first-order valence-electron chi connectivity index (χ1n) is 8.04. The predicted octanol–water partition coefficient (Wildman–Crippen LogP) is 1.22. The fraction of sp³-hybridized carbons (Fsp3) is 0.588. The zero-order chi connectivity index (χ0) is 15.9. The number of rotatable bonds is 6. The standard InChI is InChI=1S/C17H27N3O2/c1-14(7-12-21)18-13-16-5-3-4-6-17(16)20-10-8-19(9-11-20)15(2)22/h3-6,14,18,21H,7-13H2,1-2H3/t14-/m0/s1. The zero-order valence-electron chi connectivity index (χ0n) is 13.6. The van der Waals surface area contributed by atoms with Crippen molar-refractivity contribution < 1.29 is 9.90 Å². The van der Waals surface area contributed by atoms with Crippen LogP contribution in [0.3, 0.4) is 0 Å². The van der Waals surface area contributed by atoms with Crippen LogP contribution in [-0.4, -0.2) is 54.7 Å². The number of nitrogens with zero attached hydrogens (tertiary/aromatic N) is 2. The van der Waals surface area contributed by atoms with E-state index in [-0.39, 0.29) is 12.5 Å².